The molecule has 1 aliphatic rings. The van der Waals surface area contributed by atoms with E-state index >= 15 is 0 Å². The van der Waals surface area contributed by atoms with Crippen molar-refractivity contribution in [3.05, 3.63) is 0 Å². The normalized spacial score (nSPS) is 26.9. The van der Waals surface area contributed by atoms with Gasteiger partial charge >= 0.3 is 0 Å². The average Bonchev–Trinajstić information content (AvgIpc) is 2.21. The third-order valence-corrected chi connectivity index (χ3v) is 3.40. The van der Waals surface area contributed by atoms with Crippen molar-refractivity contribution in [2.45, 2.75) is 45.3 Å². The number of aliphatic hydroxyl groups is 1. The maximum Gasteiger partial charge on any atom is 0.225 e. The monoisotopic (exact) mass is 229 g/mol. The van der Waals surface area contributed by atoms with Crippen LogP contribution in [0.5, 0.6) is 0 Å². The highest BCUT2D eigenvalue weighted by Crippen LogP contribution is 2.20. The van der Waals surface area contributed by atoms with E-state index in [1.807, 2.05) is 20.8 Å². The van der Waals surface area contributed by atoms with Crippen LogP contribution in [-0.2, 0) is 9.53 Å². The Kier molecular flexibility index (Phi) is 4.33. The van der Waals surface area contributed by atoms with E-state index in [0.717, 1.165) is 13.0 Å². The Labute approximate surface area is 97.6 Å². The van der Waals surface area contributed by atoms with Crippen molar-refractivity contribution < 1.29 is 14.6 Å². The standard InChI is InChI=1S/C12H23NO3/c1-9-5-6-13(8-10(9)14)11(15)7-12(2,3)16-4/h9-10,14H,5-8H2,1-4H3. The molecule has 0 aromatic carbocycles. The third-order valence-electron chi connectivity index (χ3n) is 3.40. The zero-order chi connectivity index (χ0) is 12.3. The minimum absolute atomic E-state index is 0.0674. The van der Waals surface area contributed by atoms with Crippen molar-refractivity contribution in [2.75, 3.05) is 20.2 Å². The van der Waals surface area contributed by atoms with E-state index in [9.17, 15) is 9.90 Å². The van der Waals surface area contributed by atoms with Crippen LogP contribution in [0, 0.1) is 5.92 Å². The smallest absolute Gasteiger partial charge is 0.225 e. The molecule has 1 aliphatic heterocycles. The Bertz CT molecular complexity index is 253. The molecule has 1 heterocycles. The Morgan fingerprint density at radius 2 is 2.19 bits per heavy atom. The van der Waals surface area contributed by atoms with Crippen LogP contribution in [0.25, 0.3) is 0 Å². The summed E-state index contributed by atoms with van der Waals surface area (Å²) in [4.78, 5) is 13.7. The highest BCUT2D eigenvalue weighted by atomic mass is 16.5. The second-order valence-electron chi connectivity index (χ2n) is 5.31. The van der Waals surface area contributed by atoms with E-state index in [1.165, 1.54) is 0 Å². The molecule has 4 nitrogen and oxygen atoms in total. The first-order valence-corrected chi connectivity index (χ1v) is 5.87. The molecule has 2 atom stereocenters. The van der Waals surface area contributed by atoms with Gasteiger partial charge in [0.2, 0.25) is 5.91 Å². The predicted molar refractivity (Wildman–Crippen MR) is 62.1 cm³/mol. The summed E-state index contributed by atoms with van der Waals surface area (Å²) in [6.45, 7) is 7.02. The predicted octanol–water partition coefficient (Wildman–Crippen LogP) is 1.03. The highest BCUT2D eigenvalue weighted by Gasteiger charge is 2.30. The number of piperidine rings is 1. The maximum atomic E-state index is 12.0. The summed E-state index contributed by atoms with van der Waals surface area (Å²) in [5.74, 6) is 0.359. The number of rotatable bonds is 3. The van der Waals surface area contributed by atoms with E-state index in [0.29, 0.717) is 18.9 Å². The molecule has 0 aromatic heterocycles. The van der Waals surface area contributed by atoms with Gasteiger partial charge in [-0.25, -0.2) is 0 Å². The first kappa shape index (κ1) is 13.5. The molecule has 2 unspecified atom stereocenters. The molecule has 0 radical (unpaired) electrons. The molecule has 1 rings (SSSR count). The van der Waals surface area contributed by atoms with Crippen LogP contribution in [0.2, 0.25) is 0 Å². The van der Waals surface area contributed by atoms with Gasteiger partial charge in [0.05, 0.1) is 18.1 Å². The molecule has 1 fully saturated rings. The van der Waals surface area contributed by atoms with Gasteiger partial charge in [0, 0.05) is 20.2 Å². The fourth-order valence-electron chi connectivity index (χ4n) is 1.82. The number of carbonyl (C=O) groups excluding carboxylic acids is 1. The molecule has 0 bridgehead atoms. The van der Waals surface area contributed by atoms with Crippen molar-refractivity contribution in [3.8, 4) is 0 Å². The summed E-state index contributed by atoms with van der Waals surface area (Å²) in [6, 6.07) is 0. The van der Waals surface area contributed by atoms with Crippen LogP contribution in [0.1, 0.15) is 33.6 Å². The number of ether oxygens (including phenoxy) is 1. The number of carbonyl (C=O) groups is 1. The number of aliphatic hydroxyl groups excluding tert-OH is 1. The van der Waals surface area contributed by atoms with Gasteiger partial charge in [0.25, 0.3) is 0 Å². The second-order valence-corrected chi connectivity index (χ2v) is 5.31. The zero-order valence-electron chi connectivity index (χ0n) is 10.7. The number of hydrogen-bond acceptors (Lipinski definition) is 3. The summed E-state index contributed by atoms with van der Waals surface area (Å²) in [5, 5.41) is 9.73. The summed E-state index contributed by atoms with van der Waals surface area (Å²) >= 11 is 0. The molecular weight excluding hydrogens is 206 g/mol. The van der Waals surface area contributed by atoms with Crippen LogP contribution in [0.15, 0.2) is 0 Å². The van der Waals surface area contributed by atoms with Crippen molar-refractivity contribution in [1.29, 1.82) is 0 Å². The zero-order valence-corrected chi connectivity index (χ0v) is 10.7. The summed E-state index contributed by atoms with van der Waals surface area (Å²) in [5.41, 5.74) is -0.425. The van der Waals surface area contributed by atoms with Gasteiger partial charge in [0.15, 0.2) is 0 Å². The lowest BCUT2D eigenvalue weighted by Gasteiger charge is -2.36. The number of β-amino-alcohol motifs (C(OH)–C–C–N with tert-alkyl or cyclic N) is 1. The van der Waals surface area contributed by atoms with Crippen LogP contribution < -0.4 is 0 Å². The minimum atomic E-state index is -0.425. The lowest BCUT2D eigenvalue weighted by atomic mass is 9.95. The van der Waals surface area contributed by atoms with Crippen molar-refractivity contribution in [2.24, 2.45) is 5.92 Å². The average molecular weight is 229 g/mol. The molecule has 1 saturated heterocycles. The fraction of sp³-hybridized carbons (Fsp3) is 0.917. The number of likely N-dealkylation sites (tertiary alicyclic amines) is 1. The van der Waals surface area contributed by atoms with E-state index in [1.54, 1.807) is 12.0 Å². The van der Waals surface area contributed by atoms with Gasteiger partial charge in [-0.15, -0.1) is 0 Å². The van der Waals surface area contributed by atoms with Gasteiger partial charge in [0.1, 0.15) is 0 Å². The quantitative estimate of drug-likeness (QED) is 0.786. The summed E-state index contributed by atoms with van der Waals surface area (Å²) < 4.78 is 5.24. The number of hydrogen-bond donors (Lipinski definition) is 1. The molecule has 0 aromatic rings. The summed E-state index contributed by atoms with van der Waals surface area (Å²) in [7, 11) is 1.61. The molecule has 0 saturated carbocycles. The van der Waals surface area contributed by atoms with Crippen molar-refractivity contribution in [3.63, 3.8) is 0 Å². The molecular formula is C12H23NO3. The Morgan fingerprint density at radius 3 is 2.69 bits per heavy atom. The lowest BCUT2D eigenvalue weighted by molar-refractivity contribution is -0.140. The van der Waals surface area contributed by atoms with E-state index in [-0.39, 0.29) is 12.0 Å². The van der Waals surface area contributed by atoms with Gasteiger partial charge < -0.3 is 14.7 Å². The lowest BCUT2D eigenvalue weighted by Crippen LogP contribution is -2.47. The SMILES string of the molecule is COC(C)(C)CC(=O)N1CCC(C)C(O)C1. The number of amides is 1. The third kappa shape index (κ3) is 3.46. The van der Waals surface area contributed by atoms with E-state index < -0.39 is 5.60 Å². The maximum absolute atomic E-state index is 12.0. The molecule has 16 heavy (non-hydrogen) atoms. The molecule has 0 spiro atoms. The molecule has 1 amide bonds. The van der Waals surface area contributed by atoms with Gasteiger partial charge in [-0.2, -0.15) is 0 Å². The van der Waals surface area contributed by atoms with Gasteiger partial charge in [-0.3, -0.25) is 4.79 Å². The topological polar surface area (TPSA) is 49.8 Å². The summed E-state index contributed by atoms with van der Waals surface area (Å²) in [6.07, 6.45) is 0.855. The van der Waals surface area contributed by atoms with Crippen molar-refractivity contribution >= 4 is 5.91 Å². The molecule has 0 aliphatic carbocycles. The Hall–Kier alpha value is -0.610. The number of nitrogens with zero attached hydrogens (tertiary/aromatic N) is 1. The van der Waals surface area contributed by atoms with Crippen molar-refractivity contribution in [1.82, 2.24) is 4.90 Å². The van der Waals surface area contributed by atoms with E-state index in [2.05, 4.69) is 0 Å². The van der Waals surface area contributed by atoms with Gasteiger partial charge in [-0.05, 0) is 26.2 Å². The molecule has 1 N–H and O–H groups in total. The first-order chi connectivity index (χ1) is 7.35. The molecule has 4 heteroatoms. The first-order valence-electron chi connectivity index (χ1n) is 5.87. The van der Waals surface area contributed by atoms with Gasteiger partial charge in [-0.1, -0.05) is 6.92 Å². The second kappa shape index (κ2) is 5.15. The highest BCUT2D eigenvalue weighted by molar-refractivity contribution is 5.77. The Balaban J connectivity index is 2.49. The largest absolute Gasteiger partial charge is 0.391 e. The van der Waals surface area contributed by atoms with Crippen LogP contribution in [0.3, 0.4) is 0 Å². The minimum Gasteiger partial charge on any atom is -0.391 e. The van der Waals surface area contributed by atoms with Crippen LogP contribution in [0.4, 0.5) is 0 Å². The number of methoxy groups -OCH3 is 1. The Morgan fingerprint density at radius 1 is 1.56 bits per heavy atom. The van der Waals surface area contributed by atoms with E-state index in [4.69, 9.17) is 4.74 Å². The fourth-order valence-corrected chi connectivity index (χ4v) is 1.82. The van der Waals surface area contributed by atoms with Crippen LogP contribution in [-0.4, -0.2) is 47.8 Å². The molecule has 94 valence electrons. The van der Waals surface area contributed by atoms with Crippen LogP contribution >= 0.6 is 0 Å².